The Hall–Kier alpha value is -2.03. The number of benzene rings is 1. The van der Waals surface area contributed by atoms with Crippen LogP contribution in [0.2, 0.25) is 0 Å². The highest BCUT2D eigenvalue weighted by Gasteiger charge is 2.10. The van der Waals surface area contributed by atoms with E-state index in [2.05, 4.69) is 50.1 Å². The molecule has 0 aliphatic rings. The van der Waals surface area contributed by atoms with Gasteiger partial charge in [0.25, 0.3) is 0 Å². The average Bonchev–Trinajstić information content (AvgIpc) is 2.40. The Labute approximate surface area is 127 Å². The van der Waals surface area contributed by atoms with Crippen molar-refractivity contribution in [1.82, 2.24) is 4.98 Å². The smallest absolute Gasteiger partial charge is 0.221 e. The van der Waals surface area contributed by atoms with Crippen molar-refractivity contribution in [3.05, 3.63) is 48.0 Å². The fraction of sp³-hybridized carbons (Fsp3) is 0.389. The van der Waals surface area contributed by atoms with E-state index < -0.39 is 0 Å². The molecule has 0 unspecified atom stereocenters. The normalized spacial score (nSPS) is 11.2. The molecule has 0 saturated heterocycles. The lowest BCUT2D eigenvalue weighted by Gasteiger charge is -2.21. The van der Waals surface area contributed by atoms with E-state index in [1.807, 2.05) is 30.3 Å². The summed E-state index contributed by atoms with van der Waals surface area (Å²) in [6.07, 6.45) is 2.26. The highest BCUT2D eigenvalue weighted by molar-refractivity contribution is 5.40. The molecule has 3 nitrogen and oxygen atoms in total. The molecule has 0 amide bonds. The van der Waals surface area contributed by atoms with Gasteiger partial charge in [-0.25, -0.2) is 0 Å². The Morgan fingerprint density at radius 3 is 2.38 bits per heavy atom. The minimum Gasteiger partial charge on any atom is -0.439 e. The molecule has 0 bridgehead atoms. The van der Waals surface area contributed by atoms with Crippen LogP contribution < -0.4 is 10.1 Å². The van der Waals surface area contributed by atoms with Gasteiger partial charge in [0.1, 0.15) is 11.6 Å². The number of hydrogen-bond donors (Lipinski definition) is 1. The van der Waals surface area contributed by atoms with Crippen molar-refractivity contribution >= 4 is 5.82 Å². The van der Waals surface area contributed by atoms with Crippen LogP contribution in [0.3, 0.4) is 0 Å². The van der Waals surface area contributed by atoms with Crippen LogP contribution >= 0.6 is 0 Å². The van der Waals surface area contributed by atoms with Gasteiger partial charge in [-0.05, 0) is 51.0 Å². The SMILES string of the molecule is CCCc1ccc(Oc2cccc(NC(C)(C)C)n2)cc1. The monoisotopic (exact) mass is 284 g/mol. The summed E-state index contributed by atoms with van der Waals surface area (Å²) in [6, 6.07) is 14.0. The lowest BCUT2D eigenvalue weighted by Crippen LogP contribution is -2.26. The number of aromatic nitrogens is 1. The predicted molar refractivity (Wildman–Crippen MR) is 88.1 cm³/mol. The summed E-state index contributed by atoms with van der Waals surface area (Å²) in [5.74, 6) is 2.24. The maximum atomic E-state index is 5.82. The fourth-order valence-electron chi connectivity index (χ4n) is 2.06. The van der Waals surface area contributed by atoms with Crippen molar-refractivity contribution < 1.29 is 4.74 Å². The number of nitrogens with one attached hydrogen (secondary N) is 1. The number of hydrogen-bond acceptors (Lipinski definition) is 3. The standard InChI is InChI=1S/C18H24N2O/c1-5-7-14-10-12-15(13-11-14)21-17-9-6-8-16(19-17)20-18(2,3)4/h6,8-13H,5,7H2,1-4H3,(H,19,20). The van der Waals surface area contributed by atoms with Gasteiger partial charge in [0.05, 0.1) is 0 Å². The second-order valence-electron chi connectivity index (χ2n) is 6.23. The first kappa shape index (κ1) is 15.4. The van der Waals surface area contributed by atoms with Gasteiger partial charge in [-0.15, -0.1) is 0 Å². The maximum Gasteiger partial charge on any atom is 0.221 e. The molecule has 1 heterocycles. The van der Waals surface area contributed by atoms with Crippen LogP contribution in [-0.4, -0.2) is 10.5 Å². The number of anilines is 1. The summed E-state index contributed by atoms with van der Waals surface area (Å²) in [7, 11) is 0. The molecule has 2 rings (SSSR count). The van der Waals surface area contributed by atoms with Crippen molar-refractivity contribution in [2.75, 3.05) is 5.32 Å². The number of pyridine rings is 1. The van der Waals surface area contributed by atoms with E-state index in [1.165, 1.54) is 5.56 Å². The Morgan fingerprint density at radius 1 is 1.05 bits per heavy atom. The molecule has 0 aliphatic carbocycles. The molecule has 0 fully saturated rings. The van der Waals surface area contributed by atoms with E-state index in [4.69, 9.17) is 4.74 Å². The number of nitrogens with zero attached hydrogens (tertiary/aromatic N) is 1. The van der Waals surface area contributed by atoms with Crippen LogP contribution in [0, 0.1) is 0 Å². The maximum absolute atomic E-state index is 5.82. The lowest BCUT2D eigenvalue weighted by atomic mass is 10.1. The zero-order valence-electron chi connectivity index (χ0n) is 13.3. The largest absolute Gasteiger partial charge is 0.439 e. The molecular weight excluding hydrogens is 260 g/mol. The molecule has 112 valence electrons. The molecule has 3 heteroatoms. The average molecular weight is 284 g/mol. The summed E-state index contributed by atoms with van der Waals surface area (Å²) in [6.45, 7) is 8.50. The first-order chi connectivity index (χ1) is 9.96. The summed E-state index contributed by atoms with van der Waals surface area (Å²) in [4.78, 5) is 4.48. The van der Waals surface area contributed by atoms with Gasteiger partial charge in [0.15, 0.2) is 0 Å². The van der Waals surface area contributed by atoms with E-state index in [0.29, 0.717) is 5.88 Å². The van der Waals surface area contributed by atoms with Crippen LogP contribution in [0.5, 0.6) is 11.6 Å². The number of rotatable bonds is 5. The summed E-state index contributed by atoms with van der Waals surface area (Å²) in [5.41, 5.74) is 1.31. The quantitative estimate of drug-likeness (QED) is 0.835. The summed E-state index contributed by atoms with van der Waals surface area (Å²) in [5, 5.41) is 3.34. The molecule has 2 aromatic rings. The molecule has 1 N–H and O–H groups in total. The summed E-state index contributed by atoms with van der Waals surface area (Å²) < 4.78 is 5.82. The van der Waals surface area contributed by atoms with Gasteiger partial charge in [-0.1, -0.05) is 31.5 Å². The third-order valence-corrected chi connectivity index (χ3v) is 2.91. The van der Waals surface area contributed by atoms with Crippen LogP contribution in [0.25, 0.3) is 0 Å². The van der Waals surface area contributed by atoms with E-state index >= 15 is 0 Å². The van der Waals surface area contributed by atoms with Gasteiger partial charge in [-0.3, -0.25) is 0 Å². The lowest BCUT2D eigenvalue weighted by molar-refractivity contribution is 0.462. The van der Waals surface area contributed by atoms with Crippen LogP contribution in [0.1, 0.15) is 39.7 Å². The first-order valence-electron chi connectivity index (χ1n) is 7.48. The van der Waals surface area contributed by atoms with Crippen molar-refractivity contribution in [2.24, 2.45) is 0 Å². The molecule has 1 aromatic carbocycles. The zero-order valence-corrected chi connectivity index (χ0v) is 13.3. The van der Waals surface area contributed by atoms with Crippen molar-refractivity contribution in [2.45, 2.75) is 46.1 Å². The van der Waals surface area contributed by atoms with Gasteiger partial charge in [-0.2, -0.15) is 4.98 Å². The van der Waals surface area contributed by atoms with E-state index in [0.717, 1.165) is 24.4 Å². The van der Waals surface area contributed by atoms with Crippen molar-refractivity contribution in [3.63, 3.8) is 0 Å². The van der Waals surface area contributed by atoms with Gasteiger partial charge in [0, 0.05) is 11.6 Å². The molecule has 0 saturated carbocycles. The Morgan fingerprint density at radius 2 is 1.76 bits per heavy atom. The van der Waals surface area contributed by atoms with Crippen LogP contribution in [0.4, 0.5) is 5.82 Å². The minimum absolute atomic E-state index is 0.0204. The number of ether oxygens (including phenoxy) is 1. The topological polar surface area (TPSA) is 34.1 Å². The highest BCUT2D eigenvalue weighted by Crippen LogP contribution is 2.22. The molecule has 0 aliphatic heterocycles. The molecule has 0 atom stereocenters. The second kappa shape index (κ2) is 6.61. The third-order valence-electron chi connectivity index (χ3n) is 2.91. The van der Waals surface area contributed by atoms with Crippen molar-refractivity contribution in [1.29, 1.82) is 0 Å². The van der Waals surface area contributed by atoms with Crippen molar-refractivity contribution in [3.8, 4) is 11.6 Å². The second-order valence-corrected chi connectivity index (χ2v) is 6.23. The first-order valence-corrected chi connectivity index (χ1v) is 7.48. The van der Waals surface area contributed by atoms with Crippen LogP contribution in [0.15, 0.2) is 42.5 Å². The van der Waals surface area contributed by atoms with E-state index in [9.17, 15) is 0 Å². The van der Waals surface area contributed by atoms with E-state index in [1.54, 1.807) is 0 Å². The molecule has 0 radical (unpaired) electrons. The summed E-state index contributed by atoms with van der Waals surface area (Å²) >= 11 is 0. The molecule has 0 spiro atoms. The zero-order chi connectivity index (χ0) is 15.3. The van der Waals surface area contributed by atoms with Gasteiger partial charge in [0.2, 0.25) is 5.88 Å². The predicted octanol–water partition coefficient (Wildman–Crippen LogP) is 5.04. The Balaban J connectivity index is 2.07. The molecular formula is C18H24N2O. The Kier molecular flexibility index (Phi) is 4.84. The fourth-order valence-corrected chi connectivity index (χ4v) is 2.06. The minimum atomic E-state index is -0.0204. The van der Waals surface area contributed by atoms with Gasteiger partial charge >= 0.3 is 0 Å². The molecule has 21 heavy (non-hydrogen) atoms. The van der Waals surface area contributed by atoms with E-state index in [-0.39, 0.29) is 5.54 Å². The van der Waals surface area contributed by atoms with Crippen LogP contribution in [-0.2, 0) is 6.42 Å². The third kappa shape index (κ3) is 5.10. The number of aryl methyl sites for hydroxylation is 1. The molecule has 1 aromatic heterocycles. The highest BCUT2D eigenvalue weighted by atomic mass is 16.5. The van der Waals surface area contributed by atoms with Gasteiger partial charge < -0.3 is 10.1 Å². The Bertz CT molecular complexity index is 571.